The molecule has 0 saturated heterocycles. The number of rotatable bonds is 20. The van der Waals surface area contributed by atoms with Crippen molar-refractivity contribution in [2.45, 2.75) is 77.2 Å². The molecule has 1 fully saturated rings. The Hall–Kier alpha value is -1.40. The molecule has 0 aliphatic heterocycles. The summed E-state index contributed by atoms with van der Waals surface area (Å²) >= 11 is 5.06. The first kappa shape index (κ1) is 28.6. The van der Waals surface area contributed by atoms with Crippen LogP contribution in [0.15, 0.2) is 0 Å². The number of aliphatic hydroxyl groups excluding tert-OH is 1. The van der Waals surface area contributed by atoms with Crippen LogP contribution in [0.2, 0.25) is 0 Å². The highest BCUT2D eigenvalue weighted by atomic mass is 35.5. The van der Waals surface area contributed by atoms with Gasteiger partial charge in [0.25, 0.3) is 0 Å². The van der Waals surface area contributed by atoms with Crippen LogP contribution in [0.25, 0.3) is 0 Å². The van der Waals surface area contributed by atoms with E-state index in [-0.39, 0.29) is 24.4 Å². The van der Waals surface area contributed by atoms with E-state index in [1.807, 2.05) is 0 Å². The lowest BCUT2D eigenvalue weighted by molar-refractivity contribution is -0.134. The maximum Gasteiger partial charge on any atom is 0.324 e. The van der Waals surface area contributed by atoms with Gasteiger partial charge in [0, 0.05) is 45.1 Å². The number of carbonyl (C=O) groups is 2. The van der Waals surface area contributed by atoms with Gasteiger partial charge in [-0.25, -0.2) is 0 Å². The van der Waals surface area contributed by atoms with Crippen molar-refractivity contribution < 1.29 is 19.0 Å². The number of unbranched alkanes of at least 4 members (excludes halogenated alkanes) is 4. The number of amides is 1. The van der Waals surface area contributed by atoms with Gasteiger partial charge in [0.1, 0.15) is 11.9 Å². The maximum absolute atomic E-state index is 11.8. The van der Waals surface area contributed by atoms with Crippen LogP contribution >= 0.6 is 11.9 Å². The lowest BCUT2D eigenvalue weighted by Gasteiger charge is -2.27. The second-order valence-electron chi connectivity index (χ2n) is 8.74. The molecule has 1 amide bonds. The van der Waals surface area contributed by atoms with Crippen LogP contribution in [0.5, 0.6) is 0 Å². The summed E-state index contributed by atoms with van der Waals surface area (Å²) < 4.78 is 4.17. The van der Waals surface area contributed by atoms with E-state index >= 15 is 0 Å². The Morgan fingerprint density at radius 1 is 1.06 bits per heavy atom. The maximum atomic E-state index is 11.8. The third kappa shape index (κ3) is 14.6. The SMILES string of the molecule is CC(C#N)CNC(=O)CCCCCN(CCCCCC(=O)OCl)CCN(CCO)C1CC1. The highest BCUT2D eigenvalue weighted by Gasteiger charge is 2.28. The van der Waals surface area contributed by atoms with Crippen molar-refractivity contribution in [3.8, 4) is 6.07 Å². The minimum Gasteiger partial charge on any atom is -0.395 e. The van der Waals surface area contributed by atoms with E-state index in [9.17, 15) is 14.7 Å². The van der Waals surface area contributed by atoms with Crippen LogP contribution in [0.1, 0.15) is 71.1 Å². The molecule has 0 aromatic heterocycles. The summed E-state index contributed by atoms with van der Waals surface area (Å²) in [6, 6.07) is 2.75. The fourth-order valence-electron chi connectivity index (χ4n) is 3.67. The smallest absolute Gasteiger partial charge is 0.324 e. The van der Waals surface area contributed by atoms with Gasteiger partial charge in [0.15, 0.2) is 0 Å². The standard InChI is InChI=1S/C23H41ClN4O4/c1-20(18-25)19-26-22(30)8-4-2-6-12-27(13-7-3-5-9-23(31)32-24)14-15-28(16-17-29)21-10-11-21/h20-21,29H,2-17,19H2,1H3,(H,26,30). The molecule has 32 heavy (non-hydrogen) atoms. The second kappa shape index (κ2) is 18.1. The molecule has 2 N–H and O–H groups in total. The Labute approximate surface area is 198 Å². The topological polar surface area (TPSA) is 106 Å². The zero-order chi connectivity index (χ0) is 23.6. The lowest BCUT2D eigenvalue weighted by atomic mass is 10.1. The lowest BCUT2D eigenvalue weighted by Crippen LogP contribution is -2.38. The van der Waals surface area contributed by atoms with E-state index in [2.05, 4.69) is 25.5 Å². The van der Waals surface area contributed by atoms with Gasteiger partial charge < -0.3 is 19.6 Å². The molecule has 1 saturated carbocycles. The van der Waals surface area contributed by atoms with Gasteiger partial charge in [-0.05, 0) is 58.5 Å². The van der Waals surface area contributed by atoms with Crippen molar-refractivity contribution in [2.75, 3.05) is 45.9 Å². The van der Waals surface area contributed by atoms with Crippen LogP contribution in [-0.2, 0) is 13.9 Å². The Morgan fingerprint density at radius 2 is 1.72 bits per heavy atom. The summed E-state index contributed by atoms with van der Waals surface area (Å²) in [5.41, 5.74) is 0. The molecule has 1 unspecified atom stereocenters. The molecule has 0 radical (unpaired) electrons. The number of aliphatic hydroxyl groups is 1. The van der Waals surface area contributed by atoms with Gasteiger partial charge in [-0.15, -0.1) is 0 Å². The van der Waals surface area contributed by atoms with Crippen LogP contribution in [0.3, 0.4) is 0 Å². The monoisotopic (exact) mass is 472 g/mol. The fraction of sp³-hybridized carbons (Fsp3) is 0.870. The molecule has 1 rings (SSSR count). The summed E-state index contributed by atoms with van der Waals surface area (Å²) in [4.78, 5) is 27.8. The molecular formula is C23H41ClN4O4. The molecule has 184 valence electrons. The predicted molar refractivity (Wildman–Crippen MR) is 125 cm³/mol. The number of halogens is 1. The summed E-state index contributed by atoms with van der Waals surface area (Å²) in [6.07, 6.45) is 8.91. The highest BCUT2D eigenvalue weighted by molar-refractivity contribution is 6.13. The molecular weight excluding hydrogens is 432 g/mol. The molecule has 9 heteroatoms. The number of nitrogens with one attached hydrogen (secondary N) is 1. The van der Waals surface area contributed by atoms with E-state index in [1.54, 1.807) is 6.92 Å². The molecule has 0 aromatic carbocycles. The normalized spacial score (nSPS) is 14.4. The molecule has 0 heterocycles. The molecule has 0 aromatic rings. The van der Waals surface area contributed by atoms with Gasteiger partial charge >= 0.3 is 5.97 Å². The fourth-order valence-corrected chi connectivity index (χ4v) is 3.75. The molecule has 1 aliphatic carbocycles. The average Bonchev–Trinajstić information content (AvgIpc) is 3.64. The number of hydrogen-bond donors (Lipinski definition) is 2. The Kier molecular flexibility index (Phi) is 16.2. The summed E-state index contributed by atoms with van der Waals surface area (Å²) in [5, 5.41) is 20.9. The quantitative estimate of drug-likeness (QED) is 0.262. The van der Waals surface area contributed by atoms with Crippen LogP contribution < -0.4 is 5.32 Å². The largest absolute Gasteiger partial charge is 0.395 e. The summed E-state index contributed by atoms with van der Waals surface area (Å²) in [5.74, 6) is -0.517. The van der Waals surface area contributed by atoms with Gasteiger partial charge in [-0.1, -0.05) is 12.8 Å². The number of carbonyl (C=O) groups excluding carboxylic acids is 2. The van der Waals surface area contributed by atoms with Crippen molar-refractivity contribution in [3.05, 3.63) is 0 Å². The molecule has 1 atom stereocenters. The van der Waals surface area contributed by atoms with E-state index < -0.39 is 0 Å². The first-order valence-corrected chi connectivity index (χ1v) is 12.4. The Balaban J connectivity index is 2.29. The molecule has 8 nitrogen and oxygen atoms in total. The zero-order valence-electron chi connectivity index (χ0n) is 19.6. The Morgan fingerprint density at radius 3 is 2.28 bits per heavy atom. The second-order valence-corrected chi connectivity index (χ2v) is 8.89. The van der Waals surface area contributed by atoms with E-state index in [0.717, 1.165) is 71.2 Å². The van der Waals surface area contributed by atoms with Gasteiger partial charge in [0.2, 0.25) is 5.91 Å². The van der Waals surface area contributed by atoms with E-state index in [4.69, 9.17) is 17.1 Å². The number of nitrogens with zero attached hydrogens (tertiary/aromatic N) is 3. The van der Waals surface area contributed by atoms with Gasteiger partial charge in [-0.2, -0.15) is 5.26 Å². The van der Waals surface area contributed by atoms with Crippen molar-refractivity contribution in [3.63, 3.8) is 0 Å². The summed E-state index contributed by atoms with van der Waals surface area (Å²) in [7, 11) is 0. The first-order valence-electron chi connectivity index (χ1n) is 12.0. The van der Waals surface area contributed by atoms with Crippen LogP contribution in [0, 0.1) is 17.2 Å². The van der Waals surface area contributed by atoms with Gasteiger partial charge in [0.05, 0.1) is 18.6 Å². The number of hydrogen-bond acceptors (Lipinski definition) is 7. The third-order valence-corrected chi connectivity index (χ3v) is 5.97. The summed E-state index contributed by atoms with van der Waals surface area (Å²) in [6.45, 7) is 7.02. The number of nitriles is 1. The highest BCUT2D eigenvalue weighted by Crippen LogP contribution is 2.26. The zero-order valence-corrected chi connectivity index (χ0v) is 20.3. The Bertz CT molecular complexity index is 569. The molecule has 0 spiro atoms. The van der Waals surface area contributed by atoms with Crippen LogP contribution in [0.4, 0.5) is 0 Å². The van der Waals surface area contributed by atoms with Crippen LogP contribution in [-0.4, -0.2) is 78.7 Å². The minimum absolute atomic E-state index is 0.0171. The van der Waals surface area contributed by atoms with Gasteiger partial charge in [-0.3, -0.25) is 14.5 Å². The molecule has 0 bridgehead atoms. The van der Waals surface area contributed by atoms with Crippen molar-refractivity contribution in [2.24, 2.45) is 5.92 Å². The van der Waals surface area contributed by atoms with Crippen molar-refractivity contribution >= 4 is 23.7 Å². The van der Waals surface area contributed by atoms with Crippen molar-refractivity contribution in [1.82, 2.24) is 15.1 Å². The van der Waals surface area contributed by atoms with E-state index in [1.165, 1.54) is 12.8 Å². The average molecular weight is 473 g/mol. The van der Waals surface area contributed by atoms with Crippen molar-refractivity contribution in [1.29, 1.82) is 5.26 Å². The first-order chi connectivity index (χ1) is 15.5. The van der Waals surface area contributed by atoms with E-state index in [0.29, 0.717) is 25.4 Å². The predicted octanol–water partition coefficient (Wildman–Crippen LogP) is 2.84. The minimum atomic E-state index is -0.376. The molecule has 1 aliphatic rings. The third-order valence-electron chi connectivity index (χ3n) is 5.80.